The monoisotopic (exact) mass is 393 g/mol. The number of halogens is 4. The summed E-state index contributed by atoms with van der Waals surface area (Å²) >= 11 is 0. The molecule has 1 N–H and O–H groups in total. The third-order valence-corrected chi connectivity index (χ3v) is 4.23. The summed E-state index contributed by atoms with van der Waals surface area (Å²) in [5.74, 6) is -1.17. The van der Waals surface area contributed by atoms with Crippen LogP contribution in [0, 0.1) is 5.82 Å². The molecule has 0 aliphatic carbocycles. The van der Waals surface area contributed by atoms with Gasteiger partial charge in [0.15, 0.2) is 0 Å². The lowest BCUT2D eigenvalue weighted by molar-refractivity contribution is -0.153. The molecule has 0 aliphatic heterocycles. The molecule has 0 radical (unpaired) electrons. The van der Waals surface area contributed by atoms with Gasteiger partial charge in [0.2, 0.25) is 5.76 Å². The first kappa shape index (κ1) is 19.7. The van der Waals surface area contributed by atoms with Crippen LogP contribution in [0.4, 0.5) is 23.2 Å². The lowest BCUT2D eigenvalue weighted by Gasteiger charge is -2.11. The Balaban J connectivity index is 1.86. The van der Waals surface area contributed by atoms with E-state index in [1.807, 2.05) is 0 Å². The van der Waals surface area contributed by atoms with Gasteiger partial charge in [-0.3, -0.25) is 4.99 Å². The summed E-state index contributed by atoms with van der Waals surface area (Å²) in [4.78, 5) is 4.56. The average Bonchev–Trinajstić information content (AvgIpc) is 3.12. The molecule has 0 fully saturated rings. The summed E-state index contributed by atoms with van der Waals surface area (Å²) in [6.07, 6.45) is -1.11. The minimum Gasteiger partial charge on any atom is -0.455 e. The van der Waals surface area contributed by atoms with E-state index in [4.69, 9.17) is 4.42 Å². The Labute approximate surface area is 159 Å². The predicted octanol–water partition coefficient (Wildman–Crippen LogP) is 4.99. The number of rotatable bonds is 5. The van der Waals surface area contributed by atoms with Crippen LogP contribution in [0.15, 0.2) is 64.3 Å². The molecule has 2 aromatic heterocycles. The number of pyridine rings is 1. The molecule has 3 rings (SSSR count). The van der Waals surface area contributed by atoms with E-state index in [9.17, 15) is 17.6 Å². The van der Waals surface area contributed by atoms with E-state index in [0.29, 0.717) is 16.6 Å². The van der Waals surface area contributed by atoms with Crippen LogP contribution in [0.5, 0.6) is 0 Å². The molecule has 148 valence electrons. The molecule has 0 amide bonds. The van der Waals surface area contributed by atoms with Crippen molar-refractivity contribution in [3.05, 3.63) is 83.1 Å². The Kier molecular flexibility index (Phi) is 5.58. The number of nitrogens with zero attached hydrogens (tertiary/aromatic N) is 2. The normalized spacial score (nSPS) is 13.6. The van der Waals surface area contributed by atoms with Crippen molar-refractivity contribution >= 4 is 5.69 Å². The van der Waals surface area contributed by atoms with Gasteiger partial charge in [0, 0.05) is 25.0 Å². The van der Waals surface area contributed by atoms with Crippen molar-refractivity contribution in [2.75, 3.05) is 12.4 Å². The number of benzene rings is 1. The Bertz CT molecular complexity index is 1020. The van der Waals surface area contributed by atoms with Gasteiger partial charge in [0.05, 0.1) is 23.6 Å². The Hall–Kier alpha value is -3.03. The predicted molar refractivity (Wildman–Crippen MR) is 97.2 cm³/mol. The van der Waals surface area contributed by atoms with Crippen LogP contribution in [-0.2, 0) is 12.7 Å². The van der Waals surface area contributed by atoms with E-state index in [-0.39, 0.29) is 18.1 Å². The van der Waals surface area contributed by atoms with Gasteiger partial charge in [-0.15, -0.1) is 0 Å². The zero-order chi connectivity index (χ0) is 20.3. The molecule has 3 aromatic rings. The minimum atomic E-state index is -4.51. The topological polar surface area (TPSA) is 42.5 Å². The maximum Gasteiger partial charge on any atom is 0.449 e. The summed E-state index contributed by atoms with van der Waals surface area (Å²) < 4.78 is 58.4. The number of nitrogens with one attached hydrogen (secondary N) is 1. The first-order valence-electron chi connectivity index (χ1n) is 8.60. The first-order chi connectivity index (χ1) is 13.3. The van der Waals surface area contributed by atoms with Crippen molar-refractivity contribution in [3.8, 4) is 0 Å². The smallest absolute Gasteiger partial charge is 0.449 e. The molecule has 0 bridgehead atoms. The fraction of sp³-hybridized carbons (Fsp3) is 0.250. The number of hydrogen-bond donors (Lipinski definition) is 1. The van der Waals surface area contributed by atoms with Gasteiger partial charge < -0.3 is 14.3 Å². The third-order valence-electron chi connectivity index (χ3n) is 4.23. The minimum absolute atomic E-state index is 0.133. The zero-order valence-electron chi connectivity index (χ0n) is 15.3. The highest BCUT2D eigenvalue weighted by Crippen LogP contribution is 2.30. The Morgan fingerprint density at radius 1 is 1.14 bits per heavy atom. The van der Waals surface area contributed by atoms with Gasteiger partial charge in [0.1, 0.15) is 11.6 Å². The van der Waals surface area contributed by atoms with Crippen LogP contribution in [0.1, 0.15) is 30.0 Å². The summed E-state index contributed by atoms with van der Waals surface area (Å²) in [5.41, 5.74) is 1.14. The molecule has 1 atom stereocenters. The maximum absolute atomic E-state index is 13.9. The lowest BCUT2D eigenvalue weighted by atomic mass is 10.1. The van der Waals surface area contributed by atoms with Crippen molar-refractivity contribution in [1.29, 1.82) is 0 Å². The largest absolute Gasteiger partial charge is 0.455 e. The van der Waals surface area contributed by atoms with Gasteiger partial charge >= 0.3 is 6.18 Å². The highest BCUT2D eigenvalue weighted by molar-refractivity contribution is 5.39. The molecule has 4 nitrogen and oxygen atoms in total. The summed E-state index contributed by atoms with van der Waals surface area (Å²) in [7, 11) is 1.71. The molecule has 1 aromatic carbocycles. The van der Waals surface area contributed by atoms with E-state index in [1.54, 1.807) is 55.2 Å². The van der Waals surface area contributed by atoms with E-state index in [0.717, 1.165) is 6.07 Å². The number of furan rings is 1. The first-order valence-corrected chi connectivity index (χ1v) is 8.60. The highest BCUT2D eigenvalue weighted by Gasteiger charge is 2.34. The van der Waals surface area contributed by atoms with Crippen molar-refractivity contribution in [1.82, 2.24) is 4.57 Å². The molecule has 0 spiro atoms. The van der Waals surface area contributed by atoms with Crippen LogP contribution in [-0.4, -0.2) is 11.6 Å². The number of aromatic nitrogens is 1. The van der Waals surface area contributed by atoms with Crippen molar-refractivity contribution in [2.24, 2.45) is 4.99 Å². The van der Waals surface area contributed by atoms with E-state index in [2.05, 4.69) is 10.3 Å². The second-order valence-corrected chi connectivity index (χ2v) is 6.26. The van der Waals surface area contributed by atoms with Crippen molar-refractivity contribution in [3.63, 3.8) is 0 Å². The summed E-state index contributed by atoms with van der Waals surface area (Å²) in [6, 6.07) is 9.97. The molecule has 0 saturated heterocycles. The van der Waals surface area contributed by atoms with E-state index in [1.165, 1.54) is 12.1 Å². The number of alkyl halides is 3. The van der Waals surface area contributed by atoms with Crippen LogP contribution in [0.2, 0.25) is 0 Å². The second-order valence-electron chi connectivity index (χ2n) is 6.26. The van der Waals surface area contributed by atoms with Gasteiger partial charge in [-0.25, -0.2) is 4.39 Å². The Morgan fingerprint density at radius 3 is 2.54 bits per heavy atom. The molecule has 2 heterocycles. The molecular weight excluding hydrogens is 374 g/mol. The Morgan fingerprint density at radius 2 is 1.89 bits per heavy atom. The molecule has 0 saturated carbocycles. The number of anilines is 1. The molecular formula is C20H19F4N3O. The van der Waals surface area contributed by atoms with Crippen molar-refractivity contribution < 1.29 is 22.0 Å². The quantitative estimate of drug-likeness (QED) is 0.621. The van der Waals surface area contributed by atoms with E-state index >= 15 is 0 Å². The summed E-state index contributed by atoms with van der Waals surface area (Å²) in [6.45, 7) is 1.92. The van der Waals surface area contributed by atoms with Crippen LogP contribution >= 0.6 is 0 Å². The molecule has 8 heteroatoms. The van der Waals surface area contributed by atoms with Crippen molar-refractivity contribution in [2.45, 2.75) is 25.7 Å². The van der Waals surface area contributed by atoms with Gasteiger partial charge in [-0.1, -0.05) is 18.2 Å². The zero-order valence-corrected chi connectivity index (χ0v) is 15.3. The fourth-order valence-electron chi connectivity index (χ4n) is 2.82. The molecule has 28 heavy (non-hydrogen) atoms. The van der Waals surface area contributed by atoms with E-state index < -0.39 is 18.0 Å². The second kappa shape index (κ2) is 7.92. The lowest BCUT2D eigenvalue weighted by Crippen LogP contribution is -2.14. The van der Waals surface area contributed by atoms with Gasteiger partial charge in [-0.05, 0) is 31.2 Å². The average molecular weight is 393 g/mol. The van der Waals surface area contributed by atoms with Crippen LogP contribution in [0.3, 0.4) is 0 Å². The van der Waals surface area contributed by atoms with Gasteiger partial charge in [-0.2, -0.15) is 13.2 Å². The highest BCUT2D eigenvalue weighted by atomic mass is 19.4. The number of hydrogen-bond acceptors (Lipinski definition) is 3. The van der Waals surface area contributed by atoms with Gasteiger partial charge in [0.25, 0.3) is 0 Å². The SMILES string of the molecule is CNc1cn(Cc2ccc(C(F)(F)F)o2)ccc1=NC(C)c1ccccc1F. The fourth-order valence-corrected chi connectivity index (χ4v) is 2.82. The third kappa shape index (κ3) is 4.44. The van der Waals surface area contributed by atoms with Crippen LogP contribution < -0.4 is 10.7 Å². The summed E-state index contributed by atoms with van der Waals surface area (Å²) in [5, 5.41) is 3.62. The molecule has 0 aliphatic rings. The van der Waals surface area contributed by atoms with Crippen LogP contribution in [0.25, 0.3) is 0 Å². The molecule has 1 unspecified atom stereocenters. The maximum atomic E-state index is 13.9. The standard InChI is InChI=1S/C20H19F4N3O/c1-13(15-5-3-4-6-16(15)21)26-17-9-10-27(12-18(17)25-2)11-14-7-8-19(28-14)20(22,23)24/h3-10,12-13,25H,11H2,1-2H3.